The van der Waals surface area contributed by atoms with E-state index in [4.69, 9.17) is 0 Å². The van der Waals surface area contributed by atoms with E-state index in [9.17, 15) is 17.6 Å². The summed E-state index contributed by atoms with van der Waals surface area (Å²) in [5, 5.41) is 0. The van der Waals surface area contributed by atoms with Crippen LogP contribution in [0.4, 0.5) is 17.6 Å². The van der Waals surface area contributed by atoms with Gasteiger partial charge in [-0.1, -0.05) is 0 Å². The van der Waals surface area contributed by atoms with Gasteiger partial charge in [0.1, 0.15) is 0 Å². The Hall–Kier alpha value is -1.78. The summed E-state index contributed by atoms with van der Waals surface area (Å²) in [6, 6.07) is 20.8. The van der Waals surface area contributed by atoms with Gasteiger partial charge in [0.2, 0.25) is 0 Å². The van der Waals surface area contributed by atoms with E-state index in [0.29, 0.717) is 0 Å². The van der Waals surface area contributed by atoms with Crippen molar-refractivity contribution < 1.29 is 39.3 Å². The average molecular weight is 339 g/mol. The molecular weight excluding hydrogens is 328 g/mol. The smallest absolute Gasteiger partial charge is 0.236 e. The Morgan fingerprint density at radius 3 is 1.05 bits per heavy atom. The second-order valence-corrected chi connectivity index (χ2v) is 3.66. The van der Waals surface area contributed by atoms with Gasteiger partial charge in [0.25, 0.3) is 0 Å². The van der Waals surface area contributed by atoms with E-state index < -0.39 is 23.3 Å². The van der Waals surface area contributed by atoms with Crippen LogP contribution in [-0.2, 0) is 21.7 Å². The standard InChI is InChI=1S/2C6H3F2.C5H5.Ti/c2*7-5-2-1-3-6(8)4-5;1-2-4-5-3-1;/h2*1-3H;1-5H;/q3*-1;+3. The first kappa shape index (κ1) is 20.2. The van der Waals surface area contributed by atoms with Gasteiger partial charge in [0, 0.05) is 23.3 Å². The van der Waals surface area contributed by atoms with E-state index in [1.54, 1.807) is 0 Å². The molecule has 0 aromatic heterocycles. The van der Waals surface area contributed by atoms with Crippen molar-refractivity contribution in [2.45, 2.75) is 0 Å². The van der Waals surface area contributed by atoms with Crippen LogP contribution in [0.3, 0.4) is 0 Å². The summed E-state index contributed by atoms with van der Waals surface area (Å²) in [5.74, 6) is -2.65. The molecule has 0 nitrogen and oxygen atoms in total. The molecule has 0 bridgehead atoms. The Labute approximate surface area is 141 Å². The van der Waals surface area contributed by atoms with E-state index in [-0.39, 0.29) is 21.7 Å². The van der Waals surface area contributed by atoms with Crippen molar-refractivity contribution in [3.8, 4) is 0 Å². The Balaban J connectivity index is 0.000000302. The molecule has 0 amide bonds. The van der Waals surface area contributed by atoms with Crippen LogP contribution in [0, 0.1) is 35.4 Å². The average Bonchev–Trinajstić information content (AvgIpc) is 2.97. The zero-order chi connectivity index (χ0) is 15.5. The van der Waals surface area contributed by atoms with E-state index >= 15 is 0 Å². The van der Waals surface area contributed by atoms with E-state index in [1.165, 1.54) is 12.1 Å². The summed E-state index contributed by atoms with van der Waals surface area (Å²) in [5.41, 5.74) is 0. The zero-order valence-corrected chi connectivity index (χ0v) is 12.9. The van der Waals surface area contributed by atoms with E-state index in [1.807, 2.05) is 42.5 Å². The maximum Gasteiger partial charge on any atom is 3.00 e. The molecule has 0 N–H and O–H groups in total. The van der Waals surface area contributed by atoms with Crippen LogP contribution in [0.2, 0.25) is 0 Å². The predicted molar refractivity (Wildman–Crippen MR) is 72.4 cm³/mol. The van der Waals surface area contributed by atoms with Crippen LogP contribution >= 0.6 is 0 Å². The molecule has 111 valence electrons. The first-order valence-corrected chi connectivity index (χ1v) is 5.91. The minimum Gasteiger partial charge on any atom is -0.236 e. The second-order valence-electron chi connectivity index (χ2n) is 3.66. The summed E-state index contributed by atoms with van der Waals surface area (Å²) in [4.78, 5) is 0. The zero-order valence-electron chi connectivity index (χ0n) is 11.4. The summed E-state index contributed by atoms with van der Waals surface area (Å²) < 4.78 is 47.5. The van der Waals surface area contributed by atoms with Crippen LogP contribution in [0.15, 0.2) is 66.7 Å². The fourth-order valence-corrected chi connectivity index (χ4v) is 1.15. The maximum absolute atomic E-state index is 11.9. The third-order valence-corrected chi connectivity index (χ3v) is 2.00. The van der Waals surface area contributed by atoms with Gasteiger partial charge in [-0.05, 0) is 0 Å². The van der Waals surface area contributed by atoms with Crippen molar-refractivity contribution in [2.24, 2.45) is 0 Å². The Morgan fingerprint density at radius 2 is 0.909 bits per heavy atom. The monoisotopic (exact) mass is 339 g/mol. The van der Waals surface area contributed by atoms with Crippen molar-refractivity contribution >= 4 is 0 Å². The molecule has 0 atom stereocenters. The van der Waals surface area contributed by atoms with Crippen LogP contribution in [0.1, 0.15) is 0 Å². The molecule has 0 aliphatic heterocycles. The molecule has 5 heteroatoms. The van der Waals surface area contributed by atoms with Crippen LogP contribution < -0.4 is 0 Å². The van der Waals surface area contributed by atoms with Crippen molar-refractivity contribution in [2.75, 3.05) is 0 Å². The van der Waals surface area contributed by atoms with Gasteiger partial charge in [0.15, 0.2) is 0 Å². The molecule has 3 rings (SSSR count). The Kier molecular flexibility index (Phi) is 10.9. The normalized spacial score (nSPS) is 8.55. The van der Waals surface area contributed by atoms with Gasteiger partial charge < -0.3 is 0 Å². The largest absolute Gasteiger partial charge is 3.00 e. The molecule has 0 aliphatic rings. The number of hydrogen-bond acceptors (Lipinski definition) is 0. The number of hydrogen-bond donors (Lipinski definition) is 0. The number of benzene rings is 2. The number of halogens is 4. The summed E-state index contributed by atoms with van der Waals surface area (Å²) in [6.07, 6.45) is 0. The topological polar surface area (TPSA) is 0 Å². The van der Waals surface area contributed by atoms with Gasteiger partial charge >= 0.3 is 21.7 Å². The second kappa shape index (κ2) is 11.8. The van der Waals surface area contributed by atoms with Gasteiger partial charge in [-0.2, -0.15) is 30.3 Å². The van der Waals surface area contributed by atoms with Gasteiger partial charge in [0.05, 0.1) is 0 Å². The van der Waals surface area contributed by atoms with E-state index in [2.05, 4.69) is 0 Å². The van der Waals surface area contributed by atoms with Crippen LogP contribution in [0.5, 0.6) is 0 Å². The molecule has 3 aromatic rings. The van der Waals surface area contributed by atoms with Crippen LogP contribution in [-0.4, -0.2) is 0 Å². The predicted octanol–water partition coefficient (Wildman–Crippen LogP) is 4.93. The fraction of sp³-hybridized carbons (Fsp3) is 0. The third-order valence-electron chi connectivity index (χ3n) is 2.00. The maximum atomic E-state index is 11.9. The van der Waals surface area contributed by atoms with Crippen molar-refractivity contribution in [1.82, 2.24) is 0 Å². The fourth-order valence-electron chi connectivity index (χ4n) is 1.15. The van der Waals surface area contributed by atoms with Gasteiger partial charge in [-0.3, -0.25) is 0 Å². The molecule has 0 aliphatic carbocycles. The molecule has 0 heterocycles. The minimum absolute atomic E-state index is 0. The van der Waals surface area contributed by atoms with Gasteiger partial charge in [-0.15, -0.1) is 36.4 Å². The molecule has 0 saturated heterocycles. The quantitative estimate of drug-likeness (QED) is 0.309. The first-order chi connectivity index (χ1) is 10.1. The SMILES string of the molecule is Fc1[c-]c(F)ccc1.Fc1[c-]c(F)ccc1.[Ti+3].c1cc[cH-]c1. The minimum atomic E-state index is -0.662. The molecular formula is C17H11F4Ti. The molecule has 0 unspecified atom stereocenters. The first-order valence-electron chi connectivity index (χ1n) is 5.91. The summed E-state index contributed by atoms with van der Waals surface area (Å²) in [7, 11) is 0. The summed E-state index contributed by atoms with van der Waals surface area (Å²) >= 11 is 0. The van der Waals surface area contributed by atoms with Crippen molar-refractivity contribution in [3.05, 3.63) is 102 Å². The molecule has 0 spiro atoms. The van der Waals surface area contributed by atoms with Gasteiger partial charge in [-0.25, -0.2) is 29.7 Å². The van der Waals surface area contributed by atoms with Crippen molar-refractivity contribution in [1.29, 1.82) is 0 Å². The Bertz CT molecular complexity index is 529. The molecule has 0 saturated carbocycles. The van der Waals surface area contributed by atoms with Crippen molar-refractivity contribution in [3.63, 3.8) is 0 Å². The third kappa shape index (κ3) is 10.0. The molecule has 22 heavy (non-hydrogen) atoms. The summed E-state index contributed by atoms with van der Waals surface area (Å²) in [6.45, 7) is 0. The molecule has 3 aromatic carbocycles. The van der Waals surface area contributed by atoms with Crippen LogP contribution in [0.25, 0.3) is 0 Å². The number of rotatable bonds is 0. The molecule has 0 fully saturated rings. The van der Waals surface area contributed by atoms with E-state index in [0.717, 1.165) is 24.3 Å². The molecule has 1 radical (unpaired) electrons. The Morgan fingerprint density at radius 1 is 0.591 bits per heavy atom.